The predicted molar refractivity (Wildman–Crippen MR) is 65.8 cm³/mol. The van der Waals surface area contributed by atoms with E-state index in [2.05, 4.69) is 28.9 Å². The second kappa shape index (κ2) is 5.31. The minimum absolute atomic E-state index is 0.0911. The molecule has 94 valence electrons. The lowest BCUT2D eigenvalue weighted by molar-refractivity contribution is 0.0778. The van der Waals surface area contributed by atoms with Gasteiger partial charge in [-0.1, -0.05) is 13.8 Å². The number of aromatic amines is 1. The van der Waals surface area contributed by atoms with Crippen molar-refractivity contribution < 1.29 is 4.79 Å². The summed E-state index contributed by atoms with van der Waals surface area (Å²) < 4.78 is 0. The molecule has 1 aromatic heterocycles. The third-order valence-corrected chi connectivity index (χ3v) is 3.52. The molecule has 5 heteroatoms. The Bertz CT molecular complexity index is 359. The van der Waals surface area contributed by atoms with Crippen molar-refractivity contribution in [2.24, 2.45) is 0 Å². The molecule has 1 unspecified atom stereocenters. The van der Waals surface area contributed by atoms with Crippen molar-refractivity contribution in [3.63, 3.8) is 0 Å². The van der Waals surface area contributed by atoms with Crippen LogP contribution >= 0.6 is 0 Å². The van der Waals surface area contributed by atoms with Crippen molar-refractivity contribution in [2.45, 2.75) is 26.3 Å². The molecule has 1 atom stereocenters. The number of rotatable bonds is 4. The highest BCUT2D eigenvalue weighted by Gasteiger charge is 2.29. The normalized spacial score (nSPS) is 20.2. The molecule has 1 aliphatic rings. The Hall–Kier alpha value is -1.36. The number of amides is 1. The summed E-state index contributed by atoms with van der Waals surface area (Å²) in [7, 11) is 0. The number of carbonyl (C=O) groups is 1. The standard InChI is InChI=1S/C12H20N4O/c1-3-15(4-2)11-5-6-16(9-11)12(17)10-7-13-14-8-10/h7-8,11H,3-6,9H2,1-2H3,(H,13,14). The first-order valence-corrected chi connectivity index (χ1v) is 6.28. The van der Waals surface area contributed by atoms with Gasteiger partial charge in [-0.25, -0.2) is 0 Å². The van der Waals surface area contributed by atoms with Gasteiger partial charge in [0.25, 0.3) is 5.91 Å². The van der Waals surface area contributed by atoms with E-state index in [1.54, 1.807) is 12.4 Å². The molecule has 17 heavy (non-hydrogen) atoms. The second-order valence-electron chi connectivity index (χ2n) is 4.40. The Morgan fingerprint density at radius 2 is 2.35 bits per heavy atom. The molecule has 1 fully saturated rings. The van der Waals surface area contributed by atoms with Gasteiger partial charge in [0.2, 0.25) is 0 Å². The van der Waals surface area contributed by atoms with E-state index in [0.29, 0.717) is 11.6 Å². The maximum atomic E-state index is 12.1. The van der Waals surface area contributed by atoms with Crippen LogP contribution in [0.5, 0.6) is 0 Å². The summed E-state index contributed by atoms with van der Waals surface area (Å²) in [5.41, 5.74) is 0.658. The van der Waals surface area contributed by atoms with E-state index in [1.807, 2.05) is 4.90 Å². The Balaban J connectivity index is 1.96. The number of H-pyrrole nitrogens is 1. The third-order valence-electron chi connectivity index (χ3n) is 3.52. The summed E-state index contributed by atoms with van der Waals surface area (Å²) in [4.78, 5) is 16.4. The van der Waals surface area contributed by atoms with E-state index in [4.69, 9.17) is 0 Å². The molecule has 0 saturated carbocycles. The molecule has 2 rings (SSSR count). The number of nitrogens with one attached hydrogen (secondary N) is 1. The summed E-state index contributed by atoms with van der Waals surface area (Å²) in [5, 5.41) is 6.50. The fourth-order valence-corrected chi connectivity index (χ4v) is 2.51. The first-order chi connectivity index (χ1) is 8.26. The highest BCUT2D eigenvalue weighted by Crippen LogP contribution is 2.17. The summed E-state index contributed by atoms with van der Waals surface area (Å²) in [6, 6.07) is 0.515. The largest absolute Gasteiger partial charge is 0.337 e. The fraction of sp³-hybridized carbons (Fsp3) is 0.667. The van der Waals surface area contributed by atoms with Crippen molar-refractivity contribution in [2.75, 3.05) is 26.2 Å². The lowest BCUT2D eigenvalue weighted by Crippen LogP contribution is -2.38. The zero-order valence-electron chi connectivity index (χ0n) is 10.5. The highest BCUT2D eigenvalue weighted by molar-refractivity contribution is 5.93. The van der Waals surface area contributed by atoms with Gasteiger partial charge in [0.05, 0.1) is 11.8 Å². The van der Waals surface area contributed by atoms with Gasteiger partial charge in [0.1, 0.15) is 0 Å². The average molecular weight is 236 g/mol. The molecule has 1 aliphatic heterocycles. The molecule has 0 bridgehead atoms. The maximum Gasteiger partial charge on any atom is 0.257 e. The molecule has 0 aromatic carbocycles. The number of likely N-dealkylation sites (tertiary alicyclic amines) is 1. The van der Waals surface area contributed by atoms with Crippen molar-refractivity contribution in [3.05, 3.63) is 18.0 Å². The average Bonchev–Trinajstić information content (AvgIpc) is 3.01. The third kappa shape index (κ3) is 2.49. The van der Waals surface area contributed by atoms with Gasteiger partial charge in [-0.15, -0.1) is 0 Å². The fourth-order valence-electron chi connectivity index (χ4n) is 2.51. The smallest absolute Gasteiger partial charge is 0.257 e. The Labute approximate surface area is 102 Å². The molecule has 1 amide bonds. The van der Waals surface area contributed by atoms with Gasteiger partial charge in [-0.05, 0) is 19.5 Å². The van der Waals surface area contributed by atoms with Crippen molar-refractivity contribution in [1.29, 1.82) is 0 Å². The van der Waals surface area contributed by atoms with Gasteiger partial charge >= 0.3 is 0 Å². The number of hydrogen-bond acceptors (Lipinski definition) is 3. The number of hydrogen-bond donors (Lipinski definition) is 1. The molecule has 0 aliphatic carbocycles. The van der Waals surface area contributed by atoms with Gasteiger partial charge in [-0.3, -0.25) is 14.8 Å². The summed E-state index contributed by atoms with van der Waals surface area (Å²) in [6.07, 6.45) is 4.32. The maximum absolute atomic E-state index is 12.1. The molecule has 1 saturated heterocycles. The summed E-state index contributed by atoms with van der Waals surface area (Å²) in [6.45, 7) is 8.13. The molecule has 1 N–H and O–H groups in total. The van der Waals surface area contributed by atoms with Gasteiger partial charge in [-0.2, -0.15) is 5.10 Å². The van der Waals surface area contributed by atoms with Crippen molar-refractivity contribution >= 4 is 5.91 Å². The SMILES string of the molecule is CCN(CC)C1CCN(C(=O)c2cn[nH]c2)C1. The Morgan fingerprint density at radius 1 is 1.59 bits per heavy atom. The zero-order valence-corrected chi connectivity index (χ0v) is 10.5. The number of aromatic nitrogens is 2. The number of likely N-dealkylation sites (N-methyl/N-ethyl adjacent to an activating group) is 1. The molecular weight excluding hydrogens is 216 g/mol. The van der Waals surface area contributed by atoms with Crippen LogP contribution in [-0.4, -0.2) is 58.1 Å². The zero-order chi connectivity index (χ0) is 12.3. The van der Waals surface area contributed by atoms with Crippen LogP contribution in [0.4, 0.5) is 0 Å². The van der Waals surface area contributed by atoms with Crippen LogP contribution in [0.2, 0.25) is 0 Å². The lowest BCUT2D eigenvalue weighted by atomic mass is 10.2. The molecule has 2 heterocycles. The number of nitrogens with zero attached hydrogens (tertiary/aromatic N) is 3. The van der Waals surface area contributed by atoms with Gasteiger partial charge in [0.15, 0.2) is 0 Å². The Morgan fingerprint density at radius 3 is 2.94 bits per heavy atom. The second-order valence-corrected chi connectivity index (χ2v) is 4.40. The molecular formula is C12H20N4O. The van der Waals surface area contributed by atoms with Crippen LogP contribution in [0.25, 0.3) is 0 Å². The minimum atomic E-state index is 0.0911. The van der Waals surface area contributed by atoms with E-state index in [0.717, 1.165) is 32.6 Å². The highest BCUT2D eigenvalue weighted by atomic mass is 16.2. The topological polar surface area (TPSA) is 52.2 Å². The van der Waals surface area contributed by atoms with E-state index in [9.17, 15) is 4.79 Å². The predicted octanol–water partition coefficient (Wildman–Crippen LogP) is 0.966. The van der Waals surface area contributed by atoms with Crippen LogP contribution in [0, 0.1) is 0 Å². The quantitative estimate of drug-likeness (QED) is 0.847. The van der Waals surface area contributed by atoms with E-state index in [1.165, 1.54) is 0 Å². The van der Waals surface area contributed by atoms with Crippen molar-refractivity contribution in [1.82, 2.24) is 20.0 Å². The first-order valence-electron chi connectivity index (χ1n) is 6.28. The first kappa shape index (κ1) is 12.1. The van der Waals surface area contributed by atoms with E-state index in [-0.39, 0.29) is 5.91 Å². The van der Waals surface area contributed by atoms with Crippen LogP contribution in [-0.2, 0) is 0 Å². The van der Waals surface area contributed by atoms with Gasteiger partial charge < -0.3 is 4.90 Å². The monoisotopic (exact) mass is 236 g/mol. The van der Waals surface area contributed by atoms with Crippen LogP contribution in [0.1, 0.15) is 30.6 Å². The van der Waals surface area contributed by atoms with Crippen molar-refractivity contribution in [3.8, 4) is 0 Å². The molecule has 0 radical (unpaired) electrons. The van der Waals surface area contributed by atoms with E-state index < -0.39 is 0 Å². The van der Waals surface area contributed by atoms with Crippen LogP contribution in [0.3, 0.4) is 0 Å². The molecule has 1 aromatic rings. The molecule has 0 spiro atoms. The van der Waals surface area contributed by atoms with Gasteiger partial charge in [0, 0.05) is 25.3 Å². The molecule has 5 nitrogen and oxygen atoms in total. The van der Waals surface area contributed by atoms with E-state index >= 15 is 0 Å². The lowest BCUT2D eigenvalue weighted by Gasteiger charge is -2.26. The van der Waals surface area contributed by atoms with Crippen LogP contribution < -0.4 is 0 Å². The van der Waals surface area contributed by atoms with Crippen LogP contribution in [0.15, 0.2) is 12.4 Å². The minimum Gasteiger partial charge on any atom is -0.337 e. The Kier molecular flexibility index (Phi) is 3.78. The summed E-state index contributed by atoms with van der Waals surface area (Å²) >= 11 is 0. The summed E-state index contributed by atoms with van der Waals surface area (Å²) in [5.74, 6) is 0.0911. The number of carbonyl (C=O) groups excluding carboxylic acids is 1.